The number of ether oxygens (including phenoxy) is 1. The molecule has 0 amide bonds. The fourth-order valence-corrected chi connectivity index (χ4v) is 1.71. The van der Waals surface area contributed by atoms with Gasteiger partial charge in [0, 0.05) is 19.4 Å². The molecule has 0 radical (unpaired) electrons. The average Bonchev–Trinajstić information content (AvgIpc) is 2.67. The Balaban J connectivity index is 2.05. The summed E-state index contributed by atoms with van der Waals surface area (Å²) in [6.07, 6.45) is 7.41. The Morgan fingerprint density at radius 3 is 2.92 bits per heavy atom. The summed E-state index contributed by atoms with van der Waals surface area (Å²) in [4.78, 5) is 0. The summed E-state index contributed by atoms with van der Waals surface area (Å²) >= 11 is 0. The Morgan fingerprint density at radius 1 is 1.54 bits per heavy atom. The van der Waals surface area contributed by atoms with Crippen LogP contribution in [-0.2, 0) is 11.2 Å². The van der Waals surface area contributed by atoms with Crippen molar-refractivity contribution in [2.45, 2.75) is 32.2 Å². The second kappa shape index (κ2) is 3.92. The monoisotopic (exact) mass is 180 g/mol. The van der Waals surface area contributed by atoms with Crippen LogP contribution in [0, 0.1) is 0 Å². The third kappa shape index (κ3) is 1.91. The topological polar surface area (TPSA) is 27.1 Å². The maximum Gasteiger partial charge on any atom is 0.0563 e. The first kappa shape index (κ1) is 8.75. The quantitative estimate of drug-likeness (QED) is 0.694. The van der Waals surface area contributed by atoms with Gasteiger partial charge in [0.25, 0.3) is 0 Å². The van der Waals surface area contributed by atoms with E-state index in [0.29, 0.717) is 6.04 Å². The van der Waals surface area contributed by atoms with Crippen molar-refractivity contribution in [2.75, 3.05) is 13.2 Å². The van der Waals surface area contributed by atoms with Crippen molar-refractivity contribution in [2.24, 2.45) is 0 Å². The summed E-state index contributed by atoms with van der Waals surface area (Å²) in [7, 11) is 0. The summed E-state index contributed by atoms with van der Waals surface area (Å²) < 4.78 is 7.41. The fourth-order valence-electron chi connectivity index (χ4n) is 1.71. The van der Waals surface area contributed by atoms with Crippen molar-refractivity contribution in [1.29, 1.82) is 0 Å². The SMILES string of the molecule is CCc1cnn(C2CCOCC2)c1. The van der Waals surface area contributed by atoms with Gasteiger partial charge in [0.1, 0.15) is 0 Å². The predicted octanol–water partition coefficient (Wildman–Crippen LogP) is 1.80. The highest BCUT2D eigenvalue weighted by molar-refractivity contribution is 5.03. The second-order valence-electron chi connectivity index (χ2n) is 3.53. The molecule has 1 saturated heterocycles. The molecule has 1 aliphatic heterocycles. The van der Waals surface area contributed by atoms with E-state index in [1.54, 1.807) is 0 Å². The molecule has 0 saturated carbocycles. The second-order valence-corrected chi connectivity index (χ2v) is 3.53. The Labute approximate surface area is 78.7 Å². The zero-order valence-electron chi connectivity index (χ0n) is 8.07. The van der Waals surface area contributed by atoms with Crippen molar-refractivity contribution in [1.82, 2.24) is 9.78 Å². The third-order valence-corrected chi connectivity index (χ3v) is 2.63. The van der Waals surface area contributed by atoms with E-state index < -0.39 is 0 Å². The molecule has 72 valence electrons. The maximum atomic E-state index is 5.31. The predicted molar refractivity (Wildman–Crippen MR) is 50.7 cm³/mol. The van der Waals surface area contributed by atoms with Crippen molar-refractivity contribution >= 4 is 0 Å². The third-order valence-electron chi connectivity index (χ3n) is 2.63. The molecule has 0 spiro atoms. The highest BCUT2D eigenvalue weighted by Gasteiger charge is 2.15. The first-order valence-electron chi connectivity index (χ1n) is 5.01. The van der Waals surface area contributed by atoms with E-state index in [2.05, 4.69) is 22.9 Å². The molecule has 0 atom stereocenters. The lowest BCUT2D eigenvalue weighted by Crippen LogP contribution is -2.19. The van der Waals surface area contributed by atoms with Crippen LogP contribution in [0.3, 0.4) is 0 Å². The lowest BCUT2D eigenvalue weighted by Gasteiger charge is -2.22. The number of rotatable bonds is 2. The van der Waals surface area contributed by atoms with E-state index in [4.69, 9.17) is 4.74 Å². The minimum Gasteiger partial charge on any atom is -0.381 e. The summed E-state index contributed by atoms with van der Waals surface area (Å²) in [5.74, 6) is 0. The largest absolute Gasteiger partial charge is 0.381 e. The van der Waals surface area contributed by atoms with Crippen LogP contribution in [0.1, 0.15) is 31.4 Å². The van der Waals surface area contributed by atoms with Gasteiger partial charge in [-0.2, -0.15) is 5.10 Å². The molecule has 0 aromatic carbocycles. The lowest BCUT2D eigenvalue weighted by atomic mass is 10.1. The van der Waals surface area contributed by atoms with Crippen LogP contribution < -0.4 is 0 Å². The number of aromatic nitrogens is 2. The molecule has 3 nitrogen and oxygen atoms in total. The van der Waals surface area contributed by atoms with E-state index in [1.807, 2.05) is 6.20 Å². The van der Waals surface area contributed by atoms with Crippen LogP contribution in [0.15, 0.2) is 12.4 Å². The molecular formula is C10H16N2O. The van der Waals surface area contributed by atoms with E-state index >= 15 is 0 Å². The Bertz CT molecular complexity index is 264. The highest BCUT2D eigenvalue weighted by Crippen LogP contribution is 2.20. The summed E-state index contributed by atoms with van der Waals surface area (Å²) in [5, 5.41) is 4.37. The summed E-state index contributed by atoms with van der Waals surface area (Å²) in [6.45, 7) is 3.92. The van der Waals surface area contributed by atoms with E-state index in [1.165, 1.54) is 5.56 Å². The number of nitrogens with zero attached hydrogens (tertiary/aromatic N) is 2. The summed E-state index contributed by atoms with van der Waals surface area (Å²) in [5.41, 5.74) is 1.33. The van der Waals surface area contributed by atoms with Crippen LogP contribution in [0.4, 0.5) is 0 Å². The van der Waals surface area contributed by atoms with Gasteiger partial charge >= 0.3 is 0 Å². The van der Waals surface area contributed by atoms with E-state index in [9.17, 15) is 0 Å². The molecule has 1 fully saturated rings. The van der Waals surface area contributed by atoms with Gasteiger partial charge in [0.2, 0.25) is 0 Å². The minimum atomic E-state index is 0.564. The fraction of sp³-hybridized carbons (Fsp3) is 0.700. The van der Waals surface area contributed by atoms with Crippen LogP contribution in [0.25, 0.3) is 0 Å². The molecule has 3 heteroatoms. The van der Waals surface area contributed by atoms with Crippen molar-refractivity contribution in [3.05, 3.63) is 18.0 Å². The number of aryl methyl sites for hydroxylation is 1. The minimum absolute atomic E-state index is 0.564. The van der Waals surface area contributed by atoms with E-state index in [-0.39, 0.29) is 0 Å². The highest BCUT2D eigenvalue weighted by atomic mass is 16.5. The van der Waals surface area contributed by atoms with E-state index in [0.717, 1.165) is 32.5 Å². The standard InChI is InChI=1S/C10H16N2O/c1-2-9-7-11-12(8-9)10-3-5-13-6-4-10/h7-8,10H,2-6H2,1H3. The van der Waals surface area contributed by atoms with Gasteiger partial charge in [-0.3, -0.25) is 4.68 Å². The Morgan fingerprint density at radius 2 is 2.31 bits per heavy atom. The average molecular weight is 180 g/mol. The van der Waals surface area contributed by atoms with Crippen LogP contribution in [0.2, 0.25) is 0 Å². The van der Waals surface area contributed by atoms with Gasteiger partial charge in [-0.25, -0.2) is 0 Å². The molecule has 0 N–H and O–H groups in total. The van der Waals surface area contributed by atoms with Gasteiger partial charge in [0.15, 0.2) is 0 Å². The van der Waals surface area contributed by atoms with Gasteiger partial charge in [-0.1, -0.05) is 6.92 Å². The molecule has 13 heavy (non-hydrogen) atoms. The molecule has 0 bridgehead atoms. The first-order chi connectivity index (χ1) is 6.40. The number of hydrogen-bond donors (Lipinski definition) is 0. The zero-order chi connectivity index (χ0) is 9.10. The molecule has 0 unspecified atom stereocenters. The van der Waals surface area contributed by atoms with Crippen LogP contribution in [0.5, 0.6) is 0 Å². The Kier molecular flexibility index (Phi) is 2.64. The molecule has 2 heterocycles. The van der Waals surface area contributed by atoms with Gasteiger partial charge < -0.3 is 4.74 Å². The normalized spacial score (nSPS) is 19.2. The molecule has 0 aliphatic carbocycles. The van der Waals surface area contributed by atoms with Crippen molar-refractivity contribution in [3.8, 4) is 0 Å². The first-order valence-corrected chi connectivity index (χ1v) is 5.01. The van der Waals surface area contributed by atoms with Gasteiger partial charge in [-0.15, -0.1) is 0 Å². The van der Waals surface area contributed by atoms with Gasteiger partial charge in [-0.05, 0) is 24.8 Å². The zero-order valence-corrected chi connectivity index (χ0v) is 8.07. The van der Waals surface area contributed by atoms with Crippen molar-refractivity contribution in [3.63, 3.8) is 0 Å². The van der Waals surface area contributed by atoms with Gasteiger partial charge in [0.05, 0.1) is 12.2 Å². The lowest BCUT2D eigenvalue weighted by molar-refractivity contribution is 0.0662. The van der Waals surface area contributed by atoms with Crippen LogP contribution >= 0.6 is 0 Å². The Hall–Kier alpha value is -0.830. The molecule has 1 aromatic heterocycles. The summed E-state index contributed by atoms with van der Waals surface area (Å²) in [6, 6.07) is 0.564. The molecule has 2 rings (SSSR count). The molecule has 1 aromatic rings. The molecule has 1 aliphatic rings. The number of hydrogen-bond acceptors (Lipinski definition) is 2. The smallest absolute Gasteiger partial charge is 0.0563 e. The van der Waals surface area contributed by atoms with Crippen molar-refractivity contribution < 1.29 is 4.74 Å². The maximum absolute atomic E-state index is 5.31. The van der Waals surface area contributed by atoms with Crippen LogP contribution in [-0.4, -0.2) is 23.0 Å². The molecular weight excluding hydrogens is 164 g/mol.